The molecule has 1 aromatic heterocycles. The molecule has 1 rings (SSSR count). The van der Waals surface area contributed by atoms with Gasteiger partial charge in [0.15, 0.2) is 0 Å². The summed E-state index contributed by atoms with van der Waals surface area (Å²) < 4.78 is 6.56. The number of carbonyl (C=O) groups excluding carboxylic acids is 1. The van der Waals surface area contributed by atoms with Gasteiger partial charge in [0.1, 0.15) is 5.60 Å². The molecule has 0 spiro atoms. The highest BCUT2D eigenvalue weighted by molar-refractivity contribution is 5.37. The molecule has 0 radical (unpaired) electrons. The molecule has 0 aromatic carbocycles. The summed E-state index contributed by atoms with van der Waals surface area (Å²) in [7, 11) is 1.99. The van der Waals surface area contributed by atoms with E-state index in [0.717, 1.165) is 0 Å². The molecule has 0 amide bonds. The molecular weight excluding hydrogens is 192 g/mol. The minimum atomic E-state index is -0.318. The zero-order valence-corrected chi connectivity index (χ0v) is 9.86. The van der Waals surface area contributed by atoms with Crippen LogP contribution in [0.3, 0.4) is 0 Å². The third kappa shape index (κ3) is 6.74. The Bertz CT molecular complexity index is 287. The van der Waals surface area contributed by atoms with Crippen molar-refractivity contribution in [2.24, 2.45) is 12.8 Å². The van der Waals surface area contributed by atoms with Crippen LogP contribution in [0.2, 0.25) is 0 Å². The van der Waals surface area contributed by atoms with Crippen molar-refractivity contribution in [2.45, 2.75) is 32.9 Å². The van der Waals surface area contributed by atoms with E-state index < -0.39 is 0 Å². The molecule has 0 atom stereocenters. The van der Waals surface area contributed by atoms with Gasteiger partial charge in [-0.05, 0) is 32.9 Å². The molecule has 1 heterocycles. The molecule has 0 saturated carbocycles. The Kier molecular flexibility index (Phi) is 5.70. The number of nitrogens with zero attached hydrogens (tertiary/aromatic N) is 1. The molecule has 86 valence electrons. The molecule has 2 N–H and O–H groups in total. The monoisotopic (exact) mass is 212 g/mol. The Morgan fingerprint density at radius 3 is 2.27 bits per heavy atom. The van der Waals surface area contributed by atoms with Crippen molar-refractivity contribution in [3.8, 4) is 0 Å². The first kappa shape index (κ1) is 13.7. The molecule has 15 heavy (non-hydrogen) atoms. The number of aromatic nitrogens is 1. The lowest BCUT2D eigenvalue weighted by atomic mass is 10.2. The van der Waals surface area contributed by atoms with E-state index in [-0.39, 0.29) is 5.60 Å². The van der Waals surface area contributed by atoms with Crippen LogP contribution in [0.25, 0.3) is 0 Å². The fourth-order valence-electron chi connectivity index (χ4n) is 0.853. The summed E-state index contributed by atoms with van der Waals surface area (Å²) in [6.07, 6.45) is 1.99. The van der Waals surface area contributed by atoms with Gasteiger partial charge in [-0.15, -0.1) is 0 Å². The van der Waals surface area contributed by atoms with E-state index in [1.165, 1.54) is 5.69 Å². The van der Waals surface area contributed by atoms with Crippen LogP contribution in [0.4, 0.5) is 0 Å². The number of nitrogens with two attached hydrogens (primary N) is 1. The topological polar surface area (TPSA) is 57.2 Å². The maximum atomic E-state index is 9.60. The predicted octanol–water partition coefficient (Wildman–Crippen LogP) is 1.44. The first-order valence-electron chi connectivity index (χ1n) is 4.82. The predicted molar refractivity (Wildman–Crippen MR) is 60.2 cm³/mol. The Morgan fingerprint density at radius 1 is 1.53 bits per heavy atom. The Balaban J connectivity index is 0.000000265. The standard InChI is InChI=1S/C6H10N2.C5H10O2/c1-8-4-2-3-6(8)5-7;1-5(2,3)7-4-6/h2-4H,5,7H2,1H3;4H,1-3H3. The first-order valence-corrected chi connectivity index (χ1v) is 4.82. The summed E-state index contributed by atoms with van der Waals surface area (Å²) in [5.41, 5.74) is 6.23. The molecule has 0 fully saturated rings. The number of hydrogen-bond donors (Lipinski definition) is 1. The van der Waals surface area contributed by atoms with Gasteiger partial charge >= 0.3 is 0 Å². The van der Waals surface area contributed by atoms with Gasteiger partial charge < -0.3 is 15.0 Å². The van der Waals surface area contributed by atoms with Crippen LogP contribution >= 0.6 is 0 Å². The van der Waals surface area contributed by atoms with Crippen molar-refractivity contribution in [1.29, 1.82) is 0 Å². The molecule has 0 aliphatic heterocycles. The zero-order chi connectivity index (χ0) is 11.9. The number of hydrogen-bond acceptors (Lipinski definition) is 3. The van der Waals surface area contributed by atoms with Gasteiger partial charge in [-0.2, -0.15) is 0 Å². The third-order valence-corrected chi connectivity index (χ3v) is 1.66. The van der Waals surface area contributed by atoms with Crippen molar-refractivity contribution in [2.75, 3.05) is 0 Å². The van der Waals surface area contributed by atoms with E-state index in [9.17, 15) is 4.79 Å². The van der Waals surface area contributed by atoms with Gasteiger partial charge in [0.25, 0.3) is 6.47 Å². The molecule has 4 heteroatoms. The van der Waals surface area contributed by atoms with Crippen LogP contribution in [0.15, 0.2) is 18.3 Å². The highest BCUT2D eigenvalue weighted by atomic mass is 16.5. The zero-order valence-electron chi connectivity index (χ0n) is 9.86. The highest BCUT2D eigenvalue weighted by Gasteiger charge is 2.07. The van der Waals surface area contributed by atoms with Gasteiger partial charge in [-0.3, -0.25) is 4.79 Å². The van der Waals surface area contributed by atoms with Crippen molar-refractivity contribution < 1.29 is 9.53 Å². The molecule has 1 aromatic rings. The number of ether oxygens (including phenoxy) is 1. The van der Waals surface area contributed by atoms with Crippen LogP contribution in [0.1, 0.15) is 26.5 Å². The van der Waals surface area contributed by atoms with E-state index in [1.807, 2.05) is 50.7 Å². The van der Waals surface area contributed by atoms with E-state index in [0.29, 0.717) is 13.0 Å². The van der Waals surface area contributed by atoms with Gasteiger partial charge in [0.05, 0.1) is 0 Å². The number of rotatable bonds is 2. The molecule has 0 aliphatic rings. The summed E-state index contributed by atoms with van der Waals surface area (Å²) in [5.74, 6) is 0. The summed E-state index contributed by atoms with van der Waals surface area (Å²) >= 11 is 0. The lowest BCUT2D eigenvalue weighted by Gasteiger charge is -2.14. The second-order valence-corrected chi connectivity index (χ2v) is 4.14. The SMILES string of the molecule is CC(C)(C)OC=O.Cn1cccc1CN. The average molecular weight is 212 g/mol. The number of carbonyl (C=O) groups is 1. The molecule has 4 nitrogen and oxygen atoms in total. The van der Waals surface area contributed by atoms with Crippen molar-refractivity contribution in [3.63, 3.8) is 0 Å². The maximum absolute atomic E-state index is 9.60. The summed E-state index contributed by atoms with van der Waals surface area (Å²) in [4.78, 5) is 9.60. The van der Waals surface area contributed by atoms with Crippen molar-refractivity contribution in [3.05, 3.63) is 24.0 Å². The number of aryl methyl sites for hydroxylation is 1. The Hall–Kier alpha value is -1.29. The van der Waals surface area contributed by atoms with Gasteiger partial charge in [0, 0.05) is 25.5 Å². The molecule has 0 unspecified atom stereocenters. The van der Waals surface area contributed by atoms with E-state index in [4.69, 9.17) is 5.73 Å². The Morgan fingerprint density at radius 2 is 2.13 bits per heavy atom. The fraction of sp³-hybridized carbons (Fsp3) is 0.545. The van der Waals surface area contributed by atoms with E-state index in [2.05, 4.69) is 4.74 Å². The van der Waals surface area contributed by atoms with Crippen LogP contribution in [0.5, 0.6) is 0 Å². The van der Waals surface area contributed by atoms with E-state index in [1.54, 1.807) is 0 Å². The summed E-state index contributed by atoms with van der Waals surface area (Å²) in [6, 6.07) is 4.00. The lowest BCUT2D eigenvalue weighted by Crippen LogP contribution is -2.17. The molecule has 0 bridgehead atoms. The molecule has 0 saturated heterocycles. The quantitative estimate of drug-likeness (QED) is 0.755. The summed E-state index contributed by atoms with van der Waals surface area (Å²) in [5, 5.41) is 0. The minimum absolute atomic E-state index is 0.318. The lowest BCUT2D eigenvalue weighted by molar-refractivity contribution is -0.138. The second kappa shape index (κ2) is 6.24. The molecular formula is C11H20N2O2. The van der Waals surface area contributed by atoms with Gasteiger partial charge in [-0.1, -0.05) is 0 Å². The van der Waals surface area contributed by atoms with Crippen molar-refractivity contribution >= 4 is 6.47 Å². The van der Waals surface area contributed by atoms with Crippen LogP contribution in [-0.2, 0) is 23.1 Å². The van der Waals surface area contributed by atoms with Crippen LogP contribution < -0.4 is 5.73 Å². The largest absolute Gasteiger partial charge is 0.462 e. The van der Waals surface area contributed by atoms with Gasteiger partial charge in [-0.25, -0.2) is 0 Å². The smallest absolute Gasteiger partial charge is 0.293 e. The summed E-state index contributed by atoms with van der Waals surface area (Å²) in [6.45, 7) is 6.55. The normalized spacial score (nSPS) is 10.2. The second-order valence-electron chi connectivity index (χ2n) is 4.14. The van der Waals surface area contributed by atoms with E-state index >= 15 is 0 Å². The minimum Gasteiger partial charge on any atom is -0.462 e. The van der Waals surface area contributed by atoms with Crippen LogP contribution in [-0.4, -0.2) is 16.6 Å². The Labute approximate surface area is 91.0 Å². The third-order valence-electron chi connectivity index (χ3n) is 1.66. The van der Waals surface area contributed by atoms with Crippen LogP contribution in [0, 0.1) is 0 Å². The average Bonchev–Trinajstić information content (AvgIpc) is 2.49. The van der Waals surface area contributed by atoms with Gasteiger partial charge in [0.2, 0.25) is 0 Å². The van der Waals surface area contributed by atoms with Crippen molar-refractivity contribution in [1.82, 2.24) is 4.57 Å². The fourth-order valence-corrected chi connectivity index (χ4v) is 0.853. The molecule has 0 aliphatic carbocycles. The first-order chi connectivity index (χ1) is 6.90. The highest BCUT2D eigenvalue weighted by Crippen LogP contribution is 2.02. The maximum Gasteiger partial charge on any atom is 0.293 e.